The number of carbonyl (C=O) groups is 1. The number of aryl methyl sites for hydroxylation is 1. The van der Waals surface area contributed by atoms with Crippen molar-refractivity contribution in [2.45, 2.75) is 59.5 Å². The van der Waals surface area contributed by atoms with E-state index >= 15 is 0 Å². The van der Waals surface area contributed by atoms with Crippen LogP contribution in [0.4, 0.5) is 5.69 Å². The maximum Gasteiger partial charge on any atom is 0.244 e. The largest absolute Gasteiger partial charge is 0.496 e. The van der Waals surface area contributed by atoms with Crippen molar-refractivity contribution in [2.24, 2.45) is 0 Å². The number of aromatic nitrogens is 2. The van der Waals surface area contributed by atoms with E-state index in [1.807, 2.05) is 16.5 Å². The van der Waals surface area contributed by atoms with Gasteiger partial charge in [0.25, 0.3) is 0 Å². The number of nitrogens with one attached hydrogen (secondary N) is 1. The molecular weight excluding hydrogens is 390 g/mol. The Morgan fingerprint density at radius 1 is 1.29 bits per heavy atom. The molecule has 1 saturated heterocycles. The van der Waals surface area contributed by atoms with Crippen LogP contribution >= 0.6 is 0 Å². The molecule has 2 aromatic rings. The van der Waals surface area contributed by atoms with E-state index in [4.69, 9.17) is 10.1 Å². The van der Waals surface area contributed by atoms with Crippen LogP contribution in [0.15, 0.2) is 18.2 Å². The van der Waals surface area contributed by atoms with Crippen molar-refractivity contribution < 1.29 is 9.53 Å². The summed E-state index contributed by atoms with van der Waals surface area (Å²) < 4.78 is 7.37. The minimum absolute atomic E-state index is 0.0979. The summed E-state index contributed by atoms with van der Waals surface area (Å²) >= 11 is 0. The monoisotopic (exact) mass is 425 g/mol. The minimum Gasteiger partial charge on any atom is -0.496 e. The number of ether oxygens (including phenoxy) is 1. The van der Waals surface area contributed by atoms with Gasteiger partial charge in [-0.25, -0.2) is 0 Å². The number of rotatable bonds is 8. The fourth-order valence-corrected chi connectivity index (χ4v) is 4.52. The van der Waals surface area contributed by atoms with E-state index < -0.39 is 0 Å². The second-order valence-electron chi connectivity index (χ2n) is 8.16. The highest BCUT2D eigenvalue weighted by Crippen LogP contribution is 2.28. The van der Waals surface area contributed by atoms with Gasteiger partial charge in [0, 0.05) is 55.8 Å². The van der Waals surface area contributed by atoms with Crippen molar-refractivity contribution in [2.75, 3.05) is 31.6 Å². The number of benzene rings is 1. The number of anilines is 1. The van der Waals surface area contributed by atoms with Crippen LogP contribution < -0.4 is 9.64 Å². The van der Waals surface area contributed by atoms with Gasteiger partial charge in [0.05, 0.1) is 12.8 Å². The van der Waals surface area contributed by atoms with Crippen LogP contribution in [0.2, 0.25) is 0 Å². The lowest BCUT2D eigenvalue weighted by Gasteiger charge is -2.41. The van der Waals surface area contributed by atoms with E-state index in [2.05, 4.69) is 49.0 Å². The number of methoxy groups -OCH3 is 1. The Kier molecular flexibility index (Phi) is 7.36. The zero-order valence-electron chi connectivity index (χ0n) is 19.4. The Hall–Kier alpha value is -2.83. The minimum atomic E-state index is 0.0979. The van der Waals surface area contributed by atoms with Crippen molar-refractivity contribution in [3.05, 3.63) is 40.7 Å². The lowest BCUT2D eigenvalue weighted by Crippen LogP contribution is -2.54. The van der Waals surface area contributed by atoms with E-state index in [1.54, 1.807) is 7.11 Å². The molecule has 1 unspecified atom stereocenters. The lowest BCUT2D eigenvalue weighted by atomic mass is 10.1. The normalized spacial score (nSPS) is 16.5. The zero-order chi connectivity index (χ0) is 22.5. The number of piperazine rings is 1. The lowest BCUT2D eigenvalue weighted by molar-refractivity contribution is -0.134. The summed E-state index contributed by atoms with van der Waals surface area (Å²) in [6, 6.07) is 6.50. The van der Waals surface area contributed by atoms with Gasteiger partial charge in [0.2, 0.25) is 5.91 Å². The molecule has 168 valence electrons. The first-order valence-corrected chi connectivity index (χ1v) is 11.2. The van der Waals surface area contributed by atoms with Crippen LogP contribution in [0.5, 0.6) is 5.75 Å². The molecule has 1 aromatic carbocycles. The van der Waals surface area contributed by atoms with Gasteiger partial charge in [-0.3, -0.25) is 9.48 Å². The van der Waals surface area contributed by atoms with E-state index in [0.717, 1.165) is 54.3 Å². The Bertz CT molecular complexity index is 936. The van der Waals surface area contributed by atoms with Gasteiger partial charge < -0.3 is 19.9 Å². The highest BCUT2D eigenvalue weighted by molar-refractivity contribution is 5.77. The number of carbonyl (C=O) groups excluding carboxylic acids is 1. The van der Waals surface area contributed by atoms with Crippen molar-refractivity contribution >= 4 is 17.8 Å². The Balaban J connectivity index is 1.69. The summed E-state index contributed by atoms with van der Waals surface area (Å²) in [7, 11) is 1.71. The summed E-state index contributed by atoms with van der Waals surface area (Å²) in [5.41, 5.74) is 5.43. The third-order valence-electron chi connectivity index (χ3n) is 6.31. The third kappa shape index (κ3) is 4.75. The Morgan fingerprint density at radius 3 is 2.68 bits per heavy atom. The average Bonchev–Trinajstić information content (AvgIpc) is 3.07. The fraction of sp³-hybridized carbons (Fsp3) is 0.542. The standard InChI is InChI=1S/C24H35N5O2/c1-6-19-8-9-20(14-23(19)31-5)27-12-13-28(17(3)15-27)24(30)16-29-18(4)21(7-2)22(26-29)10-11-25/h8-9,11,14,17,25H,6-7,10,12-13,15-16H2,1-5H3. The molecule has 7 heteroatoms. The molecule has 0 bridgehead atoms. The van der Waals surface area contributed by atoms with Crippen LogP contribution in [0.1, 0.15) is 43.3 Å². The Morgan fingerprint density at radius 2 is 2.06 bits per heavy atom. The van der Waals surface area contributed by atoms with E-state index in [-0.39, 0.29) is 18.5 Å². The summed E-state index contributed by atoms with van der Waals surface area (Å²) in [5.74, 6) is 1.02. The van der Waals surface area contributed by atoms with E-state index in [9.17, 15) is 4.79 Å². The summed E-state index contributed by atoms with van der Waals surface area (Å²) in [6.45, 7) is 10.9. The van der Waals surface area contributed by atoms with E-state index in [0.29, 0.717) is 13.0 Å². The van der Waals surface area contributed by atoms with Gasteiger partial charge in [-0.1, -0.05) is 19.9 Å². The number of nitrogens with zero attached hydrogens (tertiary/aromatic N) is 4. The first-order chi connectivity index (χ1) is 14.9. The highest BCUT2D eigenvalue weighted by Gasteiger charge is 2.28. The maximum atomic E-state index is 13.1. The molecule has 3 rings (SSSR count). The van der Waals surface area contributed by atoms with Crippen LogP contribution in [0, 0.1) is 12.3 Å². The summed E-state index contributed by atoms with van der Waals surface area (Å²) in [5, 5.41) is 12.0. The van der Waals surface area contributed by atoms with Gasteiger partial charge in [-0.05, 0) is 43.9 Å². The molecule has 1 aliphatic heterocycles. The average molecular weight is 426 g/mol. The van der Waals surface area contributed by atoms with Crippen LogP contribution in [0.25, 0.3) is 0 Å². The molecule has 1 aliphatic rings. The maximum absolute atomic E-state index is 13.1. The molecule has 1 fully saturated rings. The number of hydrogen-bond acceptors (Lipinski definition) is 5. The number of hydrogen-bond donors (Lipinski definition) is 1. The van der Waals surface area contributed by atoms with Crippen LogP contribution in [0.3, 0.4) is 0 Å². The zero-order valence-corrected chi connectivity index (χ0v) is 19.4. The first kappa shape index (κ1) is 22.8. The van der Waals surface area contributed by atoms with Crippen molar-refractivity contribution in [1.82, 2.24) is 14.7 Å². The highest BCUT2D eigenvalue weighted by atomic mass is 16.5. The molecule has 1 atom stereocenters. The second kappa shape index (κ2) is 9.98. The Labute approximate surface area is 185 Å². The quantitative estimate of drug-likeness (QED) is 0.659. The second-order valence-corrected chi connectivity index (χ2v) is 8.16. The van der Waals surface area contributed by atoms with Crippen LogP contribution in [-0.2, 0) is 30.6 Å². The smallest absolute Gasteiger partial charge is 0.244 e. The molecule has 1 N–H and O–H groups in total. The molecular formula is C24H35N5O2. The van der Waals surface area contributed by atoms with Crippen molar-refractivity contribution in [3.63, 3.8) is 0 Å². The molecule has 31 heavy (non-hydrogen) atoms. The molecule has 0 radical (unpaired) electrons. The molecule has 2 heterocycles. The van der Waals surface area contributed by atoms with Crippen LogP contribution in [-0.4, -0.2) is 59.6 Å². The van der Waals surface area contributed by atoms with Gasteiger partial charge in [-0.15, -0.1) is 0 Å². The van der Waals surface area contributed by atoms with Gasteiger partial charge in [-0.2, -0.15) is 5.10 Å². The number of amides is 1. The summed E-state index contributed by atoms with van der Waals surface area (Å²) in [6.07, 6.45) is 3.69. The predicted molar refractivity (Wildman–Crippen MR) is 125 cm³/mol. The molecule has 7 nitrogen and oxygen atoms in total. The van der Waals surface area contributed by atoms with Crippen molar-refractivity contribution in [1.29, 1.82) is 5.41 Å². The van der Waals surface area contributed by atoms with Crippen molar-refractivity contribution in [3.8, 4) is 5.75 Å². The molecule has 0 saturated carbocycles. The molecule has 0 aliphatic carbocycles. The molecule has 1 amide bonds. The SMILES string of the molecule is CCc1ccc(N2CCN(C(=O)Cn3nc(CC=N)c(CC)c3C)C(C)C2)cc1OC. The predicted octanol–water partition coefficient (Wildman–Crippen LogP) is 3.25. The third-order valence-corrected chi connectivity index (χ3v) is 6.31. The summed E-state index contributed by atoms with van der Waals surface area (Å²) in [4.78, 5) is 17.4. The van der Waals surface area contributed by atoms with E-state index in [1.165, 1.54) is 11.8 Å². The molecule has 1 aromatic heterocycles. The topological polar surface area (TPSA) is 74.5 Å². The first-order valence-electron chi connectivity index (χ1n) is 11.2. The van der Waals surface area contributed by atoms with Gasteiger partial charge in [0.1, 0.15) is 12.3 Å². The van der Waals surface area contributed by atoms with Gasteiger partial charge >= 0.3 is 0 Å². The molecule has 0 spiro atoms. The van der Waals surface area contributed by atoms with Gasteiger partial charge in [0.15, 0.2) is 0 Å². The fourth-order valence-electron chi connectivity index (χ4n) is 4.52.